The minimum absolute atomic E-state index is 0.0466. The molecule has 0 aliphatic carbocycles. The van der Waals surface area contributed by atoms with Gasteiger partial charge in [-0.3, -0.25) is 4.79 Å². The molecule has 0 unspecified atom stereocenters. The number of anilines is 2. The molecular formula is C18H22N6O3. The molecule has 2 heterocycles. The number of nitrogens with one attached hydrogen (secondary N) is 2. The summed E-state index contributed by atoms with van der Waals surface area (Å²) in [5.74, 6) is 0.672. The van der Waals surface area contributed by atoms with Crippen LogP contribution in [0, 0.1) is 0 Å². The molecule has 2 aromatic rings. The molecule has 1 aromatic heterocycles. The van der Waals surface area contributed by atoms with E-state index in [0.29, 0.717) is 24.5 Å². The van der Waals surface area contributed by atoms with E-state index < -0.39 is 0 Å². The minimum Gasteiger partial charge on any atom is -0.336 e. The second-order valence-electron chi connectivity index (χ2n) is 6.19. The van der Waals surface area contributed by atoms with Gasteiger partial charge in [0.2, 0.25) is 0 Å². The fourth-order valence-corrected chi connectivity index (χ4v) is 2.92. The predicted octanol–water partition coefficient (Wildman–Crippen LogP) is 1.67. The third-order valence-electron chi connectivity index (χ3n) is 4.26. The zero-order valence-electron chi connectivity index (χ0n) is 15.3. The van der Waals surface area contributed by atoms with Crippen LogP contribution in [-0.4, -0.2) is 52.6 Å². The zero-order chi connectivity index (χ0) is 19.4. The molecule has 1 saturated heterocycles. The van der Waals surface area contributed by atoms with Crippen molar-refractivity contribution >= 4 is 29.3 Å². The molecule has 1 fully saturated rings. The lowest BCUT2D eigenvalue weighted by Crippen LogP contribution is -2.32. The van der Waals surface area contributed by atoms with Crippen molar-refractivity contribution in [3.8, 4) is 0 Å². The Balaban J connectivity index is 1.57. The van der Waals surface area contributed by atoms with E-state index in [-0.39, 0.29) is 24.5 Å². The Kier molecular flexibility index (Phi) is 5.39. The highest BCUT2D eigenvalue weighted by molar-refractivity contribution is 6.19. The number of hydrogen-bond acceptors (Lipinski definition) is 4. The molecule has 9 heteroatoms. The van der Waals surface area contributed by atoms with Gasteiger partial charge in [-0.2, -0.15) is 0 Å². The van der Waals surface area contributed by atoms with Crippen LogP contribution in [0.15, 0.2) is 36.7 Å². The average Bonchev–Trinajstić information content (AvgIpc) is 3.19. The minimum atomic E-state index is -0.381. The Labute approximate surface area is 157 Å². The van der Waals surface area contributed by atoms with Crippen molar-refractivity contribution in [1.29, 1.82) is 0 Å². The number of imidazole rings is 1. The van der Waals surface area contributed by atoms with Gasteiger partial charge in [-0.15, -0.1) is 0 Å². The number of benzene rings is 1. The van der Waals surface area contributed by atoms with Crippen LogP contribution >= 0.6 is 0 Å². The quantitative estimate of drug-likeness (QED) is 0.756. The van der Waals surface area contributed by atoms with E-state index in [9.17, 15) is 14.4 Å². The lowest BCUT2D eigenvalue weighted by Gasteiger charge is -2.15. The largest absolute Gasteiger partial charge is 0.336 e. The Bertz CT molecular complexity index is 862. The highest BCUT2D eigenvalue weighted by Crippen LogP contribution is 2.23. The van der Waals surface area contributed by atoms with Gasteiger partial charge in [0.05, 0.1) is 5.69 Å². The van der Waals surface area contributed by atoms with Crippen molar-refractivity contribution < 1.29 is 14.4 Å². The Morgan fingerprint density at radius 1 is 1.30 bits per heavy atom. The van der Waals surface area contributed by atoms with Gasteiger partial charge in [0.1, 0.15) is 12.4 Å². The standard InChI is InChI=1S/C18H22N6O3/c1-3-15-19-7-9-23(15)10-8-20-17(26)21-13-5-4-6-14(11-13)24-16(25)12-22(2)18(24)27/h4-7,9,11H,3,8,10,12H2,1-2H3,(H2,20,21,26). The number of hydrogen-bond donors (Lipinski definition) is 2. The third kappa shape index (κ3) is 4.08. The maximum Gasteiger partial charge on any atom is 0.331 e. The highest BCUT2D eigenvalue weighted by atomic mass is 16.2. The summed E-state index contributed by atoms with van der Waals surface area (Å²) < 4.78 is 1.99. The molecule has 0 spiro atoms. The summed E-state index contributed by atoms with van der Waals surface area (Å²) in [6.45, 7) is 3.15. The summed E-state index contributed by atoms with van der Waals surface area (Å²) in [6, 6.07) is 5.89. The number of aryl methyl sites for hydroxylation is 1. The van der Waals surface area contributed by atoms with E-state index >= 15 is 0 Å². The van der Waals surface area contributed by atoms with Gasteiger partial charge >= 0.3 is 12.1 Å². The summed E-state index contributed by atoms with van der Waals surface area (Å²) in [5.41, 5.74) is 0.926. The SMILES string of the molecule is CCc1nccn1CCNC(=O)Nc1cccc(N2C(=O)CN(C)C2=O)c1. The summed E-state index contributed by atoms with van der Waals surface area (Å²) in [7, 11) is 1.57. The summed E-state index contributed by atoms with van der Waals surface area (Å²) in [4.78, 5) is 42.9. The average molecular weight is 370 g/mol. The van der Waals surface area contributed by atoms with Crippen LogP contribution in [0.4, 0.5) is 21.0 Å². The van der Waals surface area contributed by atoms with Crippen molar-refractivity contribution in [1.82, 2.24) is 19.8 Å². The number of aromatic nitrogens is 2. The van der Waals surface area contributed by atoms with E-state index in [1.807, 2.05) is 17.7 Å². The number of carbonyl (C=O) groups excluding carboxylic acids is 3. The molecule has 2 N–H and O–H groups in total. The van der Waals surface area contributed by atoms with Crippen LogP contribution in [-0.2, 0) is 17.8 Å². The van der Waals surface area contributed by atoms with Gasteiger partial charge in [-0.1, -0.05) is 13.0 Å². The van der Waals surface area contributed by atoms with Gasteiger partial charge in [-0.25, -0.2) is 19.5 Å². The number of likely N-dealkylation sites (N-methyl/N-ethyl adjacent to an activating group) is 1. The van der Waals surface area contributed by atoms with Crippen molar-refractivity contribution in [2.24, 2.45) is 0 Å². The van der Waals surface area contributed by atoms with Gasteiger partial charge in [0.25, 0.3) is 5.91 Å². The van der Waals surface area contributed by atoms with E-state index in [4.69, 9.17) is 0 Å². The lowest BCUT2D eigenvalue weighted by molar-refractivity contribution is -0.116. The number of nitrogens with zero attached hydrogens (tertiary/aromatic N) is 4. The third-order valence-corrected chi connectivity index (χ3v) is 4.26. The summed E-state index contributed by atoms with van der Waals surface area (Å²) >= 11 is 0. The molecule has 0 bridgehead atoms. The van der Waals surface area contributed by atoms with Crippen molar-refractivity contribution in [2.45, 2.75) is 19.9 Å². The maximum atomic E-state index is 12.1. The van der Waals surface area contributed by atoms with Crippen LogP contribution < -0.4 is 15.5 Å². The van der Waals surface area contributed by atoms with Crippen LogP contribution in [0.3, 0.4) is 0 Å². The molecule has 3 rings (SSSR count). The van der Waals surface area contributed by atoms with Gasteiger partial charge in [0, 0.05) is 44.6 Å². The Morgan fingerprint density at radius 3 is 2.81 bits per heavy atom. The number of urea groups is 2. The second kappa shape index (κ2) is 7.90. The monoisotopic (exact) mass is 370 g/mol. The first kappa shape index (κ1) is 18.4. The number of rotatable bonds is 6. The van der Waals surface area contributed by atoms with Crippen LogP contribution in [0.1, 0.15) is 12.7 Å². The second-order valence-corrected chi connectivity index (χ2v) is 6.19. The molecule has 1 aliphatic heterocycles. The van der Waals surface area contributed by atoms with E-state index in [1.54, 1.807) is 37.5 Å². The first-order chi connectivity index (χ1) is 13.0. The molecule has 1 aliphatic rings. The molecule has 27 heavy (non-hydrogen) atoms. The zero-order valence-corrected chi connectivity index (χ0v) is 15.3. The van der Waals surface area contributed by atoms with Crippen LogP contribution in [0.25, 0.3) is 0 Å². The van der Waals surface area contributed by atoms with Crippen LogP contribution in [0.2, 0.25) is 0 Å². The summed E-state index contributed by atoms with van der Waals surface area (Å²) in [6.07, 6.45) is 4.45. The lowest BCUT2D eigenvalue weighted by atomic mass is 10.2. The van der Waals surface area contributed by atoms with Crippen molar-refractivity contribution in [3.05, 3.63) is 42.5 Å². The molecule has 142 valence electrons. The normalized spacial score (nSPS) is 14.0. The Morgan fingerprint density at radius 2 is 2.11 bits per heavy atom. The van der Waals surface area contributed by atoms with Crippen LogP contribution in [0.5, 0.6) is 0 Å². The molecule has 1 aromatic carbocycles. The van der Waals surface area contributed by atoms with E-state index in [1.165, 1.54) is 4.90 Å². The first-order valence-electron chi connectivity index (χ1n) is 8.72. The number of imide groups is 1. The van der Waals surface area contributed by atoms with Gasteiger partial charge in [0.15, 0.2) is 0 Å². The topological polar surface area (TPSA) is 99.6 Å². The van der Waals surface area contributed by atoms with Gasteiger partial charge < -0.3 is 20.1 Å². The van der Waals surface area contributed by atoms with Gasteiger partial charge in [-0.05, 0) is 18.2 Å². The van der Waals surface area contributed by atoms with E-state index in [0.717, 1.165) is 17.1 Å². The fraction of sp³-hybridized carbons (Fsp3) is 0.333. The molecule has 9 nitrogen and oxygen atoms in total. The highest BCUT2D eigenvalue weighted by Gasteiger charge is 2.34. The number of carbonyl (C=O) groups is 3. The molecule has 0 radical (unpaired) electrons. The molecule has 5 amide bonds. The molecule has 0 saturated carbocycles. The van der Waals surface area contributed by atoms with Crippen molar-refractivity contribution in [3.63, 3.8) is 0 Å². The van der Waals surface area contributed by atoms with E-state index in [2.05, 4.69) is 15.6 Å². The first-order valence-corrected chi connectivity index (χ1v) is 8.72. The molecular weight excluding hydrogens is 348 g/mol. The smallest absolute Gasteiger partial charge is 0.331 e. The maximum absolute atomic E-state index is 12.1. The number of amides is 5. The Hall–Kier alpha value is -3.36. The fourth-order valence-electron chi connectivity index (χ4n) is 2.92. The predicted molar refractivity (Wildman–Crippen MR) is 101 cm³/mol. The van der Waals surface area contributed by atoms with Crippen molar-refractivity contribution in [2.75, 3.05) is 30.4 Å². The molecule has 0 atom stereocenters. The summed E-state index contributed by atoms with van der Waals surface area (Å²) in [5, 5.41) is 5.50.